The highest BCUT2D eigenvalue weighted by molar-refractivity contribution is 6.32. The van der Waals surface area contributed by atoms with Gasteiger partial charge in [-0.1, -0.05) is 22.9 Å². The molecule has 1 aromatic carbocycles. The maximum absolute atomic E-state index is 13.1. The summed E-state index contributed by atoms with van der Waals surface area (Å²) >= 11 is 5.60. The number of amides is 1. The van der Waals surface area contributed by atoms with E-state index in [2.05, 4.69) is 20.6 Å². The van der Waals surface area contributed by atoms with Gasteiger partial charge in [0.25, 0.3) is 5.91 Å². The van der Waals surface area contributed by atoms with Crippen molar-refractivity contribution in [2.24, 2.45) is 7.05 Å². The van der Waals surface area contributed by atoms with Crippen LogP contribution in [-0.4, -0.2) is 30.3 Å². The molecule has 0 fully saturated rings. The fourth-order valence-electron chi connectivity index (χ4n) is 2.14. The first kappa shape index (κ1) is 16.9. The molecule has 2 heterocycles. The lowest BCUT2D eigenvalue weighted by molar-refractivity contribution is -0.136. The van der Waals surface area contributed by atoms with Crippen molar-refractivity contribution in [2.45, 2.75) is 6.18 Å². The Morgan fingerprint density at radius 1 is 1.32 bits per heavy atom. The molecule has 0 unspecified atom stereocenters. The van der Waals surface area contributed by atoms with Crippen LogP contribution in [-0.2, 0) is 13.2 Å². The second kappa shape index (κ2) is 5.84. The Labute approximate surface area is 141 Å². The molecule has 2 aromatic heterocycles. The van der Waals surface area contributed by atoms with E-state index in [-0.39, 0.29) is 11.3 Å². The summed E-state index contributed by atoms with van der Waals surface area (Å²) in [4.78, 5) is 27.9. The summed E-state index contributed by atoms with van der Waals surface area (Å²) in [5.41, 5.74) is -2.87. The molecular weight excluding hydrogens is 365 g/mol. The molecule has 1 amide bonds. The Bertz CT molecular complexity index is 1040. The van der Waals surface area contributed by atoms with Gasteiger partial charge in [-0.05, 0) is 12.1 Å². The molecule has 25 heavy (non-hydrogen) atoms. The van der Waals surface area contributed by atoms with E-state index in [9.17, 15) is 22.8 Å². The SMILES string of the molecule is Cn1nnc2c(C(=O)Nc3cccc(Cl)c3C(F)(F)F)ncn2c1=O. The zero-order chi connectivity index (χ0) is 18.4. The molecule has 0 spiro atoms. The summed E-state index contributed by atoms with van der Waals surface area (Å²) < 4.78 is 41.3. The number of hydrogen-bond acceptors (Lipinski definition) is 5. The first-order chi connectivity index (χ1) is 11.7. The zero-order valence-corrected chi connectivity index (χ0v) is 13.1. The van der Waals surface area contributed by atoms with Crippen LogP contribution < -0.4 is 11.0 Å². The maximum Gasteiger partial charge on any atom is 0.419 e. The van der Waals surface area contributed by atoms with Gasteiger partial charge in [-0.2, -0.15) is 17.9 Å². The largest absolute Gasteiger partial charge is 0.419 e. The van der Waals surface area contributed by atoms with Crippen LogP contribution in [0.4, 0.5) is 18.9 Å². The predicted molar refractivity (Wildman–Crippen MR) is 80.4 cm³/mol. The highest BCUT2D eigenvalue weighted by Gasteiger charge is 2.36. The lowest BCUT2D eigenvalue weighted by Crippen LogP contribution is -2.27. The second-order valence-electron chi connectivity index (χ2n) is 4.90. The molecule has 0 saturated carbocycles. The number of hydrogen-bond donors (Lipinski definition) is 1. The number of carbonyl (C=O) groups excluding carboxylic acids is 1. The lowest BCUT2D eigenvalue weighted by Gasteiger charge is -2.14. The Balaban J connectivity index is 2.04. The third-order valence-electron chi connectivity index (χ3n) is 3.26. The van der Waals surface area contributed by atoms with E-state index in [1.54, 1.807) is 0 Å². The van der Waals surface area contributed by atoms with Crippen molar-refractivity contribution in [3.63, 3.8) is 0 Å². The first-order valence-electron chi connectivity index (χ1n) is 6.64. The molecule has 3 aromatic rings. The van der Waals surface area contributed by atoms with Crippen molar-refractivity contribution < 1.29 is 18.0 Å². The summed E-state index contributed by atoms with van der Waals surface area (Å²) in [6.45, 7) is 0. The molecule has 12 heteroatoms. The molecule has 0 atom stereocenters. The Morgan fingerprint density at radius 2 is 2.04 bits per heavy atom. The molecule has 0 saturated heterocycles. The van der Waals surface area contributed by atoms with Gasteiger partial charge in [-0.3, -0.25) is 4.79 Å². The highest BCUT2D eigenvalue weighted by Crippen LogP contribution is 2.39. The Kier molecular flexibility index (Phi) is 3.95. The van der Waals surface area contributed by atoms with E-state index >= 15 is 0 Å². The minimum Gasteiger partial charge on any atom is -0.320 e. The fourth-order valence-corrected chi connectivity index (χ4v) is 2.42. The molecule has 8 nitrogen and oxygen atoms in total. The van der Waals surface area contributed by atoms with Crippen LogP contribution in [0.2, 0.25) is 5.02 Å². The summed E-state index contributed by atoms with van der Waals surface area (Å²) in [5, 5.41) is 8.70. The minimum atomic E-state index is -4.77. The number of anilines is 1. The van der Waals surface area contributed by atoms with Gasteiger partial charge >= 0.3 is 11.9 Å². The van der Waals surface area contributed by atoms with Crippen molar-refractivity contribution in [3.05, 3.63) is 51.3 Å². The molecule has 0 aliphatic heterocycles. The van der Waals surface area contributed by atoms with E-state index in [0.717, 1.165) is 27.5 Å². The third-order valence-corrected chi connectivity index (χ3v) is 3.57. The number of aryl methyl sites for hydroxylation is 1. The van der Waals surface area contributed by atoms with Gasteiger partial charge in [0.2, 0.25) is 0 Å². The molecule has 1 N–H and O–H groups in total. The lowest BCUT2D eigenvalue weighted by atomic mass is 10.1. The number of benzene rings is 1. The number of alkyl halides is 3. The summed E-state index contributed by atoms with van der Waals surface area (Å²) in [6.07, 6.45) is -3.74. The van der Waals surface area contributed by atoms with Crippen LogP contribution in [0.25, 0.3) is 5.65 Å². The van der Waals surface area contributed by atoms with Gasteiger partial charge in [0.15, 0.2) is 11.3 Å². The van der Waals surface area contributed by atoms with Gasteiger partial charge in [0.1, 0.15) is 6.33 Å². The maximum atomic E-state index is 13.1. The van der Waals surface area contributed by atoms with E-state index < -0.39 is 34.0 Å². The molecule has 0 aliphatic carbocycles. The normalized spacial score (nSPS) is 11.7. The number of rotatable bonds is 2. The molecule has 3 rings (SSSR count). The number of carbonyl (C=O) groups is 1. The van der Waals surface area contributed by atoms with E-state index in [1.165, 1.54) is 13.1 Å². The molecule has 0 radical (unpaired) electrons. The van der Waals surface area contributed by atoms with E-state index in [4.69, 9.17) is 11.6 Å². The quantitative estimate of drug-likeness (QED) is 0.739. The van der Waals surface area contributed by atoms with Gasteiger partial charge in [0, 0.05) is 7.05 Å². The topological polar surface area (TPSA) is 94.2 Å². The van der Waals surface area contributed by atoms with Crippen LogP contribution in [0, 0.1) is 0 Å². The molecule has 0 bridgehead atoms. The van der Waals surface area contributed by atoms with Crippen LogP contribution in [0.5, 0.6) is 0 Å². The van der Waals surface area contributed by atoms with Crippen LogP contribution in [0.1, 0.15) is 16.1 Å². The smallest absolute Gasteiger partial charge is 0.320 e. The van der Waals surface area contributed by atoms with Crippen molar-refractivity contribution in [1.82, 2.24) is 24.4 Å². The van der Waals surface area contributed by atoms with Gasteiger partial charge in [0.05, 0.1) is 16.3 Å². The average Bonchev–Trinajstić information content (AvgIpc) is 2.94. The highest BCUT2D eigenvalue weighted by atomic mass is 35.5. The second-order valence-corrected chi connectivity index (χ2v) is 5.30. The van der Waals surface area contributed by atoms with Crippen LogP contribution in [0.3, 0.4) is 0 Å². The fraction of sp³-hybridized carbons (Fsp3) is 0.154. The number of aromatic nitrogens is 5. The Hall–Kier alpha value is -2.95. The third kappa shape index (κ3) is 2.93. The minimum absolute atomic E-state index is 0.184. The number of halogens is 4. The summed E-state index contributed by atoms with van der Waals surface area (Å²) in [7, 11) is 1.34. The number of imidazole rings is 1. The van der Waals surface area contributed by atoms with Gasteiger partial charge < -0.3 is 5.32 Å². The number of fused-ring (bicyclic) bond motifs is 1. The van der Waals surface area contributed by atoms with Crippen molar-refractivity contribution in [1.29, 1.82) is 0 Å². The standard InChI is InChI=1S/C13H8ClF3N6O2/c1-22-12(25)23-5-18-9(10(23)20-21-22)11(24)19-7-4-2-3-6(14)8(7)13(15,16)17/h2-5H,1H3,(H,19,24). The number of nitrogens with zero attached hydrogens (tertiary/aromatic N) is 5. The van der Waals surface area contributed by atoms with Crippen molar-refractivity contribution in [3.8, 4) is 0 Å². The monoisotopic (exact) mass is 372 g/mol. The average molecular weight is 373 g/mol. The summed E-state index contributed by atoms with van der Waals surface area (Å²) in [5.74, 6) is -0.988. The molecule has 0 aliphatic rings. The van der Waals surface area contributed by atoms with Gasteiger partial charge in [-0.25, -0.2) is 14.2 Å². The number of nitrogens with one attached hydrogen (secondary N) is 1. The van der Waals surface area contributed by atoms with E-state index in [1.807, 2.05) is 0 Å². The van der Waals surface area contributed by atoms with Gasteiger partial charge in [-0.15, -0.1) is 5.10 Å². The van der Waals surface area contributed by atoms with Crippen LogP contribution in [0.15, 0.2) is 29.3 Å². The molecule has 130 valence electrons. The van der Waals surface area contributed by atoms with E-state index in [0.29, 0.717) is 0 Å². The van der Waals surface area contributed by atoms with Crippen molar-refractivity contribution in [2.75, 3.05) is 5.32 Å². The zero-order valence-electron chi connectivity index (χ0n) is 12.4. The summed E-state index contributed by atoms with van der Waals surface area (Å²) in [6, 6.07) is 3.37. The van der Waals surface area contributed by atoms with Crippen LogP contribution >= 0.6 is 11.6 Å². The predicted octanol–water partition coefficient (Wildman–Crippen LogP) is 1.75. The first-order valence-corrected chi connectivity index (χ1v) is 7.02. The molecular formula is C13H8ClF3N6O2. The Morgan fingerprint density at radius 3 is 2.72 bits per heavy atom. The van der Waals surface area contributed by atoms with Crippen molar-refractivity contribution >= 4 is 28.8 Å².